The number of aromatic nitrogens is 2. The number of aromatic amines is 1. The minimum atomic E-state index is 0.591. The molecule has 3 nitrogen and oxygen atoms in total. The maximum Gasteiger partial charge on any atom is 0.151 e. The summed E-state index contributed by atoms with van der Waals surface area (Å²) in [5.74, 6) is 1.89. The Morgan fingerprint density at radius 2 is 2.29 bits per heavy atom. The molecule has 1 aromatic rings. The fraction of sp³-hybridized carbons (Fsp3) is 0.769. The predicted molar refractivity (Wildman–Crippen MR) is 71.2 cm³/mol. The molecule has 0 aromatic carbocycles. The Labute approximate surface area is 108 Å². The number of nitrogens with zero attached hydrogens (tertiary/aromatic N) is 1. The van der Waals surface area contributed by atoms with Gasteiger partial charge in [-0.25, -0.2) is 4.98 Å². The zero-order valence-corrected chi connectivity index (χ0v) is 11.5. The summed E-state index contributed by atoms with van der Waals surface area (Å²) < 4.78 is 0. The quantitative estimate of drug-likeness (QED) is 0.785. The third-order valence-electron chi connectivity index (χ3n) is 3.47. The van der Waals surface area contributed by atoms with Gasteiger partial charge in [0.05, 0.1) is 5.69 Å². The van der Waals surface area contributed by atoms with Crippen molar-refractivity contribution < 1.29 is 0 Å². The Morgan fingerprint density at radius 1 is 1.53 bits per heavy atom. The highest BCUT2D eigenvalue weighted by molar-refractivity contribution is 6.30. The van der Waals surface area contributed by atoms with E-state index in [4.69, 9.17) is 11.6 Å². The van der Waals surface area contributed by atoms with Crippen LogP contribution in [0.25, 0.3) is 0 Å². The van der Waals surface area contributed by atoms with E-state index in [1.165, 1.54) is 19.3 Å². The van der Waals surface area contributed by atoms with Crippen LogP contribution in [0.1, 0.15) is 51.0 Å². The molecule has 4 heteroatoms. The molecule has 96 valence electrons. The van der Waals surface area contributed by atoms with Gasteiger partial charge in [0.25, 0.3) is 0 Å². The van der Waals surface area contributed by atoms with Crippen LogP contribution in [-0.2, 0) is 13.0 Å². The van der Waals surface area contributed by atoms with Crippen LogP contribution < -0.4 is 5.32 Å². The molecule has 0 spiro atoms. The van der Waals surface area contributed by atoms with Crippen molar-refractivity contribution >= 4 is 11.6 Å². The van der Waals surface area contributed by atoms with E-state index in [1.54, 1.807) is 0 Å². The monoisotopic (exact) mass is 255 g/mol. The molecule has 0 saturated heterocycles. The van der Waals surface area contributed by atoms with Gasteiger partial charge in [-0.05, 0) is 32.1 Å². The lowest BCUT2D eigenvalue weighted by molar-refractivity contribution is 0.492. The number of imidazole rings is 1. The van der Waals surface area contributed by atoms with Crippen LogP contribution in [0.4, 0.5) is 0 Å². The second-order valence-electron chi connectivity index (χ2n) is 5.06. The third kappa shape index (κ3) is 3.71. The number of halogens is 1. The van der Waals surface area contributed by atoms with Gasteiger partial charge in [-0.1, -0.05) is 24.9 Å². The molecular weight excluding hydrogens is 234 g/mol. The third-order valence-corrected chi connectivity index (χ3v) is 3.79. The Kier molecular flexibility index (Phi) is 4.46. The molecule has 2 rings (SSSR count). The molecule has 0 amide bonds. The summed E-state index contributed by atoms with van der Waals surface area (Å²) in [5, 5.41) is 4.15. The van der Waals surface area contributed by atoms with Crippen molar-refractivity contribution in [3.63, 3.8) is 0 Å². The van der Waals surface area contributed by atoms with Crippen molar-refractivity contribution in [3.05, 3.63) is 16.7 Å². The summed E-state index contributed by atoms with van der Waals surface area (Å²) in [6.45, 7) is 5.24. The molecule has 1 aromatic heterocycles. The van der Waals surface area contributed by atoms with Gasteiger partial charge in [-0.3, -0.25) is 0 Å². The topological polar surface area (TPSA) is 40.7 Å². The van der Waals surface area contributed by atoms with Crippen LogP contribution in [0.15, 0.2) is 0 Å². The van der Waals surface area contributed by atoms with Crippen LogP contribution >= 0.6 is 11.6 Å². The van der Waals surface area contributed by atoms with Gasteiger partial charge in [0, 0.05) is 19.0 Å². The number of rotatable bonds is 7. The summed E-state index contributed by atoms with van der Waals surface area (Å²) >= 11 is 6.12. The van der Waals surface area contributed by atoms with Crippen molar-refractivity contribution in [3.8, 4) is 0 Å². The smallest absolute Gasteiger partial charge is 0.151 e. The van der Waals surface area contributed by atoms with Gasteiger partial charge in [0.1, 0.15) is 5.82 Å². The summed E-state index contributed by atoms with van der Waals surface area (Å²) in [7, 11) is 0. The molecule has 0 radical (unpaired) electrons. The number of aryl methyl sites for hydroxylation is 1. The molecule has 2 N–H and O–H groups in total. The van der Waals surface area contributed by atoms with Crippen molar-refractivity contribution in [2.45, 2.75) is 58.5 Å². The predicted octanol–water partition coefficient (Wildman–Crippen LogP) is 3.29. The van der Waals surface area contributed by atoms with Crippen LogP contribution in [0.2, 0.25) is 5.15 Å². The maximum atomic E-state index is 6.12. The van der Waals surface area contributed by atoms with Crippen molar-refractivity contribution in [1.29, 1.82) is 0 Å². The summed E-state index contributed by atoms with van der Waals surface area (Å²) in [5.41, 5.74) is 1.03. The number of hydrogen-bond acceptors (Lipinski definition) is 2. The first-order valence-corrected chi connectivity index (χ1v) is 7.05. The second kappa shape index (κ2) is 5.87. The lowest BCUT2D eigenvalue weighted by atomic mass is 10.2. The van der Waals surface area contributed by atoms with E-state index in [2.05, 4.69) is 29.1 Å². The normalized spacial score (nSPS) is 17.4. The molecule has 1 atom stereocenters. The Hall–Kier alpha value is -0.540. The average Bonchev–Trinajstić information content (AvgIpc) is 3.09. The lowest BCUT2D eigenvalue weighted by Crippen LogP contribution is -2.27. The van der Waals surface area contributed by atoms with E-state index in [9.17, 15) is 0 Å². The van der Waals surface area contributed by atoms with E-state index in [-0.39, 0.29) is 0 Å². The molecule has 1 unspecified atom stereocenters. The zero-order valence-electron chi connectivity index (χ0n) is 10.7. The Balaban J connectivity index is 1.84. The summed E-state index contributed by atoms with van der Waals surface area (Å²) in [4.78, 5) is 7.68. The fourth-order valence-corrected chi connectivity index (χ4v) is 2.26. The number of nitrogens with one attached hydrogen (secondary N) is 2. The number of hydrogen-bond donors (Lipinski definition) is 2. The molecule has 1 saturated carbocycles. The van der Waals surface area contributed by atoms with Crippen LogP contribution in [0, 0.1) is 5.92 Å². The highest BCUT2D eigenvalue weighted by Crippen LogP contribution is 2.32. The van der Waals surface area contributed by atoms with Crippen molar-refractivity contribution in [2.24, 2.45) is 5.92 Å². The fourth-order valence-electron chi connectivity index (χ4n) is 2.05. The average molecular weight is 256 g/mol. The van der Waals surface area contributed by atoms with Gasteiger partial charge in [0.15, 0.2) is 5.15 Å². The van der Waals surface area contributed by atoms with E-state index >= 15 is 0 Å². The molecule has 1 aliphatic carbocycles. The standard InChI is InChI=1S/C13H22ClN3/c1-3-4-5-12-16-11(13(14)17-12)8-15-9(2)10-6-7-10/h9-10,15H,3-8H2,1-2H3,(H,16,17). The molecule has 1 heterocycles. The Morgan fingerprint density at radius 3 is 2.94 bits per heavy atom. The highest BCUT2D eigenvalue weighted by atomic mass is 35.5. The van der Waals surface area contributed by atoms with E-state index in [0.717, 1.165) is 36.8 Å². The van der Waals surface area contributed by atoms with Gasteiger partial charge in [-0.15, -0.1) is 0 Å². The number of unbranched alkanes of at least 4 members (excludes halogenated alkanes) is 1. The molecule has 1 fully saturated rings. The molecule has 1 aliphatic rings. The van der Waals surface area contributed by atoms with Crippen molar-refractivity contribution in [1.82, 2.24) is 15.3 Å². The minimum absolute atomic E-state index is 0.591. The zero-order chi connectivity index (χ0) is 12.3. The first-order valence-electron chi connectivity index (χ1n) is 6.67. The Bertz CT molecular complexity index is 358. The summed E-state index contributed by atoms with van der Waals surface area (Å²) in [6.07, 6.45) is 6.08. The maximum absolute atomic E-state index is 6.12. The second-order valence-corrected chi connectivity index (χ2v) is 5.42. The molecule has 0 aliphatic heterocycles. The van der Waals surface area contributed by atoms with Crippen LogP contribution in [-0.4, -0.2) is 16.0 Å². The molecular formula is C13H22ClN3. The van der Waals surface area contributed by atoms with Gasteiger partial charge < -0.3 is 10.3 Å². The minimum Gasteiger partial charge on any atom is -0.344 e. The van der Waals surface area contributed by atoms with Gasteiger partial charge >= 0.3 is 0 Å². The van der Waals surface area contributed by atoms with Crippen LogP contribution in [0.3, 0.4) is 0 Å². The lowest BCUT2D eigenvalue weighted by Gasteiger charge is -2.11. The number of H-pyrrole nitrogens is 1. The van der Waals surface area contributed by atoms with Gasteiger partial charge in [0.2, 0.25) is 0 Å². The van der Waals surface area contributed by atoms with E-state index < -0.39 is 0 Å². The van der Waals surface area contributed by atoms with E-state index in [1.807, 2.05) is 0 Å². The van der Waals surface area contributed by atoms with E-state index in [0.29, 0.717) is 11.2 Å². The first kappa shape index (κ1) is 12.9. The largest absolute Gasteiger partial charge is 0.344 e. The molecule has 0 bridgehead atoms. The SMILES string of the molecule is CCCCc1nc(Cl)c(CNC(C)C2CC2)[nH]1. The van der Waals surface area contributed by atoms with Crippen LogP contribution in [0.5, 0.6) is 0 Å². The highest BCUT2D eigenvalue weighted by Gasteiger charge is 2.27. The van der Waals surface area contributed by atoms with Crippen molar-refractivity contribution in [2.75, 3.05) is 0 Å². The molecule has 17 heavy (non-hydrogen) atoms. The first-order chi connectivity index (χ1) is 8.20. The summed E-state index contributed by atoms with van der Waals surface area (Å²) in [6, 6.07) is 0.591. The van der Waals surface area contributed by atoms with Gasteiger partial charge in [-0.2, -0.15) is 0 Å².